The number of benzene rings is 3. The average molecular weight is 338 g/mol. The van der Waals surface area contributed by atoms with Crippen molar-refractivity contribution in [3.63, 3.8) is 0 Å². The number of hydrogen-bond acceptors (Lipinski definition) is 2. The maximum Gasteiger partial charge on any atom is 0.270 e. The van der Waals surface area contributed by atoms with E-state index in [2.05, 4.69) is 58.7 Å². The van der Waals surface area contributed by atoms with Crippen molar-refractivity contribution in [2.75, 3.05) is 0 Å². The second-order valence-electron chi connectivity index (χ2n) is 7.06. The number of aromatic amines is 2. The molecule has 0 spiro atoms. The molecule has 0 saturated carbocycles. The van der Waals surface area contributed by atoms with Crippen molar-refractivity contribution >= 4 is 10.8 Å². The minimum Gasteiger partial charge on any atom is -0.267 e. The van der Waals surface area contributed by atoms with E-state index in [4.69, 9.17) is 0 Å². The smallest absolute Gasteiger partial charge is 0.267 e. The van der Waals surface area contributed by atoms with Gasteiger partial charge >= 0.3 is 0 Å². The molecule has 1 aromatic heterocycles. The molecule has 3 aliphatic rings. The second-order valence-corrected chi connectivity index (χ2v) is 7.06. The van der Waals surface area contributed by atoms with Crippen molar-refractivity contribution in [3.05, 3.63) is 115 Å². The Labute approximate surface area is 148 Å². The first-order chi connectivity index (χ1) is 12.7. The van der Waals surface area contributed by atoms with E-state index in [1.54, 1.807) is 0 Å². The summed E-state index contributed by atoms with van der Waals surface area (Å²) in [5, 5.41) is 5.78. The van der Waals surface area contributed by atoms with Crippen LogP contribution in [0.25, 0.3) is 10.8 Å². The van der Waals surface area contributed by atoms with E-state index in [0.717, 1.165) is 11.1 Å². The van der Waals surface area contributed by atoms with Gasteiger partial charge in [-0.15, -0.1) is 0 Å². The molecule has 26 heavy (non-hydrogen) atoms. The molecule has 4 nitrogen and oxygen atoms in total. The van der Waals surface area contributed by atoms with Crippen LogP contribution in [0, 0.1) is 0 Å². The lowest BCUT2D eigenvalue weighted by atomic mass is 9.61. The zero-order valence-corrected chi connectivity index (χ0v) is 13.7. The van der Waals surface area contributed by atoms with E-state index >= 15 is 0 Å². The van der Waals surface area contributed by atoms with Gasteiger partial charge in [-0.05, 0) is 45.5 Å². The molecule has 1 heterocycles. The Kier molecular flexibility index (Phi) is 2.45. The lowest BCUT2D eigenvalue weighted by Gasteiger charge is -2.42. The first-order valence-corrected chi connectivity index (χ1v) is 8.70. The number of nitrogens with one attached hydrogen (secondary N) is 2. The van der Waals surface area contributed by atoms with Crippen LogP contribution in [-0.4, -0.2) is 10.2 Å². The highest BCUT2D eigenvalue weighted by atomic mass is 16.1. The third-order valence-corrected chi connectivity index (χ3v) is 5.86. The van der Waals surface area contributed by atoms with Crippen LogP contribution in [0.2, 0.25) is 0 Å². The molecule has 4 heteroatoms. The van der Waals surface area contributed by atoms with Gasteiger partial charge in [0.15, 0.2) is 0 Å². The summed E-state index contributed by atoms with van der Waals surface area (Å²) in [6.07, 6.45) is 0. The van der Waals surface area contributed by atoms with Gasteiger partial charge in [0.2, 0.25) is 0 Å². The molecule has 2 bridgehead atoms. The van der Waals surface area contributed by atoms with Crippen molar-refractivity contribution in [3.8, 4) is 0 Å². The fourth-order valence-electron chi connectivity index (χ4n) is 4.84. The van der Waals surface area contributed by atoms with Crippen molar-refractivity contribution in [1.29, 1.82) is 0 Å². The van der Waals surface area contributed by atoms with E-state index in [0.29, 0.717) is 10.8 Å². The molecular formula is C22H14N2O2. The molecule has 124 valence electrons. The largest absolute Gasteiger partial charge is 0.270 e. The van der Waals surface area contributed by atoms with Crippen molar-refractivity contribution in [2.45, 2.75) is 11.8 Å². The summed E-state index contributed by atoms with van der Waals surface area (Å²) in [7, 11) is 0. The first-order valence-electron chi connectivity index (χ1n) is 8.70. The number of rotatable bonds is 0. The molecule has 0 unspecified atom stereocenters. The minimum atomic E-state index is -0.259. The van der Waals surface area contributed by atoms with Gasteiger partial charge in [0.1, 0.15) is 0 Å². The van der Waals surface area contributed by atoms with Crippen LogP contribution in [-0.2, 0) is 0 Å². The van der Waals surface area contributed by atoms with E-state index in [1.165, 1.54) is 22.3 Å². The number of aromatic nitrogens is 2. The van der Waals surface area contributed by atoms with Crippen LogP contribution in [0.4, 0.5) is 0 Å². The summed E-state index contributed by atoms with van der Waals surface area (Å²) >= 11 is 0. The van der Waals surface area contributed by atoms with Crippen LogP contribution in [0.3, 0.4) is 0 Å². The lowest BCUT2D eigenvalue weighted by molar-refractivity contribution is 0.756. The Morgan fingerprint density at radius 1 is 0.538 bits per heavy atom. The van der Waals surface area contributed by atoms with Crippen molar-refractivity contribution in [1.82, 2.24) is 10.2 Å². The molecule has 0 amide bonds. The van der Waals surface area contributed by atoms with E-state index in [9.17, 15) is 9.59 Å². The second kappa shape index (κ2) is 4.61. The van der Waals surface area contributed by atoms with Crippen LogP contribution in [0.15, 0.2) is 70.3 Å². The Balaban J connectivity index is 1.80. The molecule has 3 aromatic carbocycles. The van der Waals surface area contributed by atoms with Gasteiger partial charge in [0, 0.05) is 11.8 Å². The predicted octanol–water partition coefficient (Wildman–Crippen LogP) is 3.20. The molecule has 0 fully saturated rings. The van der Waals surface area contributed by atoms with Crippen LogP contribution in [0.1, 0.15) is 45.2 Å². The third kappa shape index (κ3) is 1.54. The molecule has 2 N–H and O–H groups in total. The average Bonchev–Trinajstić information content (AvgIpc) is 2.69. The highest BCUT2D eigenvalue weighted by Gasteiger charge is 2.41. The number of fused-ring (bicyclic) bond motifs is 1. The first kappa shape index (κ1) is 13.8. The van der Waals surface area contributed by atoms with Crippen LogP contribution < -0.4 is 11.1 Å². The molecule has 0 radical (unpaired) electrons. The standard InChI is InChI=1S/C22H14N2O2/c25-21-17-9-15-16(10-18(17)22(26)24-23-21)20-12-6-2-1-5-11(12)19(15)13-7-3-4-8-14(13)20/h1-10,19-20H,(H,23,25)(H,24,26). The predicted molar refractivity (Wildman–Crippen MR) is 100.0 cm³/mol. The minimum absolute atomic E-state index is 0.102. The van der Waals surface area contributed by atoms with Crippen molar-refractivity contribution in [2.24, 2.45) is 0 Å². The fraction of sp³-hybridized carbons (Fsp3) is 0.0909. The van der Waals surface area contributed by atoms with Crippen molar-refractivity contribution < 1.29 is 0 Å². The molecule has 3 aliphatic carbocycles. The maximum absolute atomic E-state index is 12.3. The van der Waals surface area contributed by atoms with Crippen LogP contribution in [0.5, 0.6) is 0 Å². The van der Waals surface area contributed by atoms with E-state index in [-0.39, 0.29) is 23.0 Å². The van der Waals surface area contributed by atoms with Gasteiger partial charge in [-0.2, -0.15) is 0 Å². The molecule has 7 rings (SSSR count). The number of H-pyrrole nitrogens is 2. The zero-order chi connectivity index (χ0) is 17.4. The summed E-state index contributed by atoms with van der Waals surface area (Å²) < 4.78 is 0. The quantitative estimate of drug-likeness (QED) is 0.447. The monoisotopic (exact) mass is 338 g/mol. The van der Waals surface area contributed by atoms with Gasteiger partial charge < -0.3 is 0 Å². The third-order valence-electron chi connectivity index (χ3n) is 5.86. The molecule has 0 atom stereocenters. The Hall–Kier alpha value is -3.40. The highest BCUT2D eigenvalue weighted by molar-refractivity contribution is 5.85. The molecule has 0 saturated heterocycles. The Bertz CT molecular complexity index is 1200. The molecule has 0 aliphatic heterocycles. The highest BCUT2D eigenvalue weighted by Crippen LogP contribution is 2.55. The maximum atomic E-state index is 12.3. The summed E-state index contributed by atoms with van der Waals surface area (Å²) in [6.45, 7) is 0. The van der Waals surface area contributed by atoms with Crippen LogP contribution >= 0.6 is 0 Å². The van der Waals surface area contributed by atoms with Gasteiger partial charge in [0.25, 0.3) is 11.1 Å². The Morgan fingerprint density at radius 3 is 1.23 bits per heavy atom. The summed E-state index contributed by atoms with van der Waals surface area (Å²) in [5.41, 5.74) is 6.94. The SMILES string of the molecule is O=c1[nH][nH]c(=O)c2cc3c(cc12)C1c2ccccc2C3c2ccccc21. The lowest BCUT2D eigenvalue weighted by Crippen LogP contribution is -2.28. The topological polar surface area (TPSA) is 65.7 Å². The Morgan fingerprint density at radius 2 is 0.885 bits per heavy atom. The van der Waals surface area contributed by atoms with Gasteiger partial charge in [-0.3, -0.25) is 19.8 Å². The molecule has 4 aromatic rings. The summed E-state index contributed by atoms with van der Waals surface area (Å²) in [6, 6.07) is 20.8. The summed E-state index contributed by atoms with van der Waals surface area (Å²) in [4.78, 5) is 24.6. The summed E-state index contributed by atoms with van der Waals surface area (Å²) in [5.74, 6) is 0.205. The number of hydrogen-bond donors (Lipinski definition) is 2. The van der Waals surface area contributed by atoms with Gasteiger partial charge in [-0.25, -0.2) is 0 Å². The normalized spacial score (nSPS) is 19.1. The van der Waals surface area contributed by atoms with Gasteiger partial charge in [0.05, 0.1) is 10.8 Å². The fourth-order valence-corrected chi connectivity index (χ4v) is 4.84. The zero-order valence-electron chi connectivity index (χ0n) is 13.7. The molecular weight excluding hydrogens is 324 g/mol. The van der Waals surface area contributed by atoms with Gasteiger partial charge in [-0.1, -0.05) is 48.5 Å². The van der Waals surface area contributed by atoms with E-state index < -0.39 is 0 Å². The van der Waals surface area contributed by atoms with E-state index in [1.807, 2.05) is 12.1 Å².